The van der Waals surface area contributed by atoms with Gasteiger partial charge in [-0.3, -0.25) is 0 Å². The highest BCUT2D eigenvalue weighted by Crippen LogP contribution is 2.70. The Hall–Kier alpha value is -2.18. The molecule has 3 fully saturated rings. The molecule has 2 aliphatic carbocycles. The normalized spacial score (nSPS) is 31.5. The Labute approximate surface area is 171 Å². The number of halogens is 1. The molecule has 0 amide bonds. The molecule has 2 aromatic carbocycles. The van der Waals surface area contributed by atoms with Gasteiger partial charge in [-0.2, -0.15) is 0 Å². The van der Waals surface area contributed by atoms with Gasteiger partial charge in [-0.25, -0.2) is 9.59 Å². The summed E-state index contributed by atoms with van der Waals surface area (Å²) in [4.78, 5) is 25.1. The minimum absolute atomic E-state index is 0.214. The molecule has 2 spiro atoms. The van der Waals surface area contributed by atoms with E-state index in [-0.39, 0.29) is 22.4 Å². The van der Waals surface area contributed by atoms with Crippen molar-refractivity contribution in [2.45, 2.75) is 42.1 Å². The topological polar surface area (TPSA) is 61.8 Å². The molecule has 5 rings (SSSR count). The molecule has 0 radical (unpaired) electrons. The third-order valence-corrected chi connectivity index (χ3v) is 7.05. The number of carbonyl (C=O) groups excluding carboxylic acids is 2. The minimum Gasteiger partial charge on any atom is -0.455 e. The van der Waals surface area contributed by atoms with Gasteiger partial charge in [-0.15, -0.1) is 0 Å². The summed E-state index contributed by atoms with van der Waals surface area (Å²) in [5.74, 6) is -0.761. The van der Waals surface area contributed by atoms with Crippen LogP contribution in [0.1, 0.15) is 40.0 Å². The summed E-state index contributed by atoms with van der Waals surface area (Å²) < 4.78 is 17.9. The second-order valence-electron chi connectivity index (χ2n) is 7.74. The third-order valence-electron chi connectivity index (χ3n) is 5.95. The number of rotatable bonds is 4. The van der Waals surface area contributed by atoms with E-state index in [1.165, 1.54) is 0 Å². The zero-order valence-electron chi connectivity index (χ0n) is 15.0. The smallest absolute Gasteiger partial charge is 0.338 e. The van der Waals surface area contributed by atoms with Crippen LogP contribution in [0.25, 0.3) is 0 Å². The van der Waals surface area contributed by atoms with E-state index in [9.17, 15) is 9.59 Å². The largest absolute Gasteiger partial charge is 0.455 e. The van der Waals surface area contributed by atoms with Crippen LogP contribution in [0.15, 0.2) is 60.7 Å². The maximum Gasteiger partial charge on any atom is 0.338 e. The van der Waals surface area contributed by atoms with Gasteiger partial charge in [0.15, 0.2) is 0 Å². The molecule has 0 N–H and O–H groups in total. The first-order chi connectivity index (χ1) is 13.6. The lowest BCUT2D eigenvalue weighted by Gasteiger charge is -2.23. The van der Waals surface area contributed by atoms with Crippen LogP contribution >= 0.6 is 15.9 Å². The van der Waals surface area contributed by atoms with Crippen molar-refractivity contribution in [1.29, 1.82) is 0 Å². The number of carbonyl (C=O) groups is 2. The molecular formula is C22H19BrO5. The van der Waals surface area contributed by atoms with Gasteiger partial charge in [0.1, 0.15) is 22.8 Å². The molecule has 1 unspecified atom stereocenters. The first kappa shape index (κ1) is 17.9. The zero-order valence-corrected chi connectivity index (χ0v) is 16.6. The predicted molar refractivity (Wildman–Crippen MR) is 104 cm³/mol. The molecule has 4 atom stereocenters. The van der Waals surface area contributed by atoms with E-state index >= 15 is 0 Å². The Morgan fingerprint density at radius 2 is 1.43 bits per heavy atom. The minimum atomic E-state index is -0.764. The molecule has 1 heterocycles. The van der Waals surface area contributed by atoms with Crippen LogP contribution in [0.4, 0.5) is 0 Å². The molecule has 0 bridgehead atoms. The summed E-state index contributed by atoms with van der Waals surface area (Å²) in [6.07, 6.45) is 1.50. The first-order valence-electron chi connectivity index (χ1n) is 9.39. The number of ether oxygens (including phenoxy) is 3. The fraction of sp³-hybridized carbons (Fsp3) is 0.364. The summed E-state index contributed by atoms with van der Waals surface area (Å²) in [7, 11) is 0. The molecule has 1 aliphatic heterocycles. The molecule has 28 heavy (non-hydrogen) atoms. The van der Waals surface area contributed by atoms with Gasteiger partial charge in [0, 0.05) is 11.8 Å². The van der Waals surface area contributed by atoms with Gasteiger partial charge in [-0.05, 0) is 37.1 Å². The summed E-state index contributed by atoms with van der Waals surface area (Å²) >= 11 is 3.61. The second-order valence-corrected chi connectivity index (χ2v) is 8.57. The Morgan fingerprint density at radius 3 is 1.96 bits per heavy atom. The van der Waals surface area contributed by atoms with E-state index in [0.717, 1.165) is 12.8 Å². The van der Waals surface area contributed by atoms with Gasteiger partial charge in [0.2, 0.25) is 0 Å². The van der Waals surface area contributed by atoms with Gasteiger partial charge in [0.25, 0.3) is 0 Å². The molecule has 6 heteroatoms. The molecule has 3 aliphatic rings. The van der Waals surface area contributed by atoms with Crippen molar-refractivity contribution in [3.63, 3.8) is 0 Å². The van der Waals surface area contributed by atoms with E-state index in [1.807, 2.05) is 12.1 Å². The van der Waals surface area contributed by atoms with Crippen molar-refractivity contribution < 1.29 is 23.8 Å². The van der Waals surface area contributed by atoms with E-state index in [2.05, 4.69) is 15.9 Å². The lowest BCUT2D eigenvalue weighted by atomic mass is 9.97. The molecular weight excluding hydrogens is 424 g/mol. The molecule has 0 aromatic heterocycles. The Kier molecular flexibility index (Phi) is 4.10. The van der Waals surface area contributed by atoms with Crippen molar-refractivity contribution in [2.24, 2.45) is 5.41 Å². The SMILES string of the molecule is O=C(O[C@@H]1CC12O[C@H](Br)C1(CC1)[C@@H]2OC(=O)c1ccccc1)c1ccccc1. The molecule has 2 aromatic rings. The summed E-state index contributed by atoms with van der Waals surface area (Å²) in [5, 5.41) is -0.214. The Balaban J connectivity index is 1.35. The van der Waals surface area contributed by atoms with Crippen LogP contribution in [-0.4, -0.2) is 34.8 Å². The van der Waals surface area contributed by atoms with Gasteiger partial charge < -0.3 is 14.2 Å². The third kappa shape index (κ3) is 2.78. The maximum absolute atomic E-state index is 12.7. The number of hydrogen-bond acceptors (Lipinski definition) is 5. The Bertz CT molecular complexity index is 911. The summed E-state index contributed by atoms with van der Waals surface area (Å²) in [6, 6.07) is 17.8. The monoisotopic (exact) mass is 442 g/mol. The van der Waals surface area contributed by atoms with Crippen molar-refractivity contribution in [2.75, 3.05) is 0 Å². The van der Waals surface area contributed by atoms with Crippen LogP contribution in [0.5, 0.6) is 0 Å². The summed E-state index contributed by atoms with van der Waals surface area (Å²) in [6.45, 7) is 0. The van der Waals surface area contributed by atoms with E-state index in [0.29, 0.717) is 17.5 Å². The van der Waals surface area contributed by atoms with Crippen LogP contribution in [-0.2, 0) is 14.2 Å². The molecule has 5 nitrogen and oxygen atoms in total. The molecule has 144 valence electrons. The van der Waals surface area contributed by atoms with Crippen molar-refractivity contribution >= 4 is 27.9 Å². The van der Waals surface area contributed by atoms with Crippen LogP contribution in [0.2, 0.25) is 0 Å². The molecule has 2 saturated carbocycles. The second kappa shape index (κ2) is 6.42. The number of benzene rings is 2. The average Bonchev–Trinajstić information content (AvgIpc) is 3.63. The lowest BCUT2D eigenvalue weighted by Crippen LogP contribution is -2.38. The van der Waals surface area contributed by atoms with E-state index < -0.39 is 17.8 Å². The van der Waals surface area contributed by atoms with Crippen molar-refractivity contribution in [1.82, 2.24) is 0 Å². The standard InChI is InChI=1S/C22H19BrO5/c23-20-21(11-12-21)19(27-18(25)15-9-5-2-6-10-15)22(28-20)13-16(22)26-17(24)14-7-3-1-4-8-14/h1-10,16,19-20H,11-13H2/t16-,19+,20+,22?/m1/s1. The maximum atomic E-state index is 12.7. The number of esters is 2. The van der Waals surface area contributed by atoms with E-state index in [1.54, 1.807) is 48.5 Å². The van der Waals surface area contributed by atoms with Crippen molar-refractivity contribution in [3.8, 4) is 0 Å². The Morgan fingerprint density at radius 1 is 0.893 bits per heavy atom. The van der Waals surface area contributed by atoms with Gasteiger partial charge in [0.05, 0.1) is 11.1 Å². The number of alkyl halides is 1. The van der Waals surface area contributed by atoms with Crippen molar-refractivity contribution in [3.05, 3.63) is 71.8 Å². The first-order valence-corrected chi connectivity index (χ1v) is 10.3. The highest BCUT2D eigenvalue weighted by atomic mass is 79.9. The van der Waals surface area contributed by atoms with Gasteiger partial charge in [-0.1, -0.05) is 52.3 Å². The van der Waals surface area contributed by atoms with Crippen LogP contribution < -0.4 is 0 Å². The lowest BCUT2D eigenvalue weighted by molar-refractivity contribution is -0.0425. The highest BCUT2D eigenvalue weighted by molar-refractivity contribution is 9.09. The highest BCUT2D eigenvalue weighted by Gasteiger charge is 2.80. The van der Waals surface area contributed by atoms with Gasteiger partial charge >= 0.3 is 11.9 Å². The summed E-state index contributed by atoms with van der Waals surface area (Å²) in [5.41, 5.74) is -0.000371. The molecule has 1 saturated heterocycles. The predicted octanol–water partition coefficient (Wildman–Crippen LogP) is 4.11. The average molecular weight is 443 g/mol. The van der Waals surface area contributed by atoms with Crippen LogP contribution in [0.3, 0.4) is 0 Å². The fourth-order valence-electron chi connectivity index (χ4n) is 4.12. The fourth-order valence-corrected chi connectivity index (χ4v) is 5.17. The van der Waals surface area contributed by atoms with E-state index in [4.69, 9.17) is 14.2 Å². The zero-order chi connectivity index (χ0) is 19.4. The number of hydrogen-bond donors (Lipinski definition) is 0. The van der Waals surface area contributed by atoms with Crippen LogP contribution in [0, 0.1) is 5.41 Å². The quantitative estimate of drug-likeness (QED) is 0.526.